The predicted molar refractivity (Wildman–Crippen MR) is 98.1 cm³/mol. The van der Waals surface area contributed by atoms with Crippen molar-refractivity contribution in [2.45, 2.75) is 52.9 Å². The van der Waals surface area contributed by atoms with Crippen LogP contribution in [-0.2, 0) is 4.74 Å². The van der Waals surface area contributed by atoms with Crippen molar-refractivity contribution in [2.75, 3.05) is 0 Å². The zero-order valence-corrected chi connectivity index (χ0v) is 15.7. The van der Waals surface area contributed by atoms with Gasteiger partial charge in [0.05, 0.1) is 12.2 Å². The van der Waals surface area contributed by atoms with E-state index in [9.17, 15) is 9.90 Å². The fourth-order valence-corrected chi connectivity index (χ4v) is 3.13. The topological polar surface area (TPSA) is 65.0 Å². The van der Waals surface area contributed by atoms with Gasteiger partial charge in [-0.15, -0.1) is 0 Å². The van der Waals surface area contributed by atoms with Crippen LogP contribution in [-0.4, -0.2) is 23.3 Å². The number of benzene rings is 2. The summed E-state index contributed by atoms with van der Waals surface area (Å²) in [5.74, 6) is 0.716. The van der Waals surface area contributed by atoms with Crippen LogP contribution in [0.5, 0.6) is 17.2 Å². The van der Waals surface area contributed by atoms with Crippen LogP contribution in [0.4, 0.5) is 0 Å². The lowest BCUT2D eigenvalue weighted by Gasteiger charge is -2.18. The highest BCUT2D eigenvalue weighted by Crippen LogP contribution is 2.42. The molecule has 26 heavy (non-hydrogen) atoms. The average Bonchev–Trinajstić information content (AvgIpc) is 2.82. The first-order chi connectivity index (χ1) is 12.2. The van der Waals surface area contributed by atoms with Gasteiger partial charge < -0.3 is 19.3 Å². The normalized spacial score (nSPS) is 16.0. The van der Waals surface area contributed by atoms with E-state index in [0.717, 1.165) is 11.1 Å². The van der Waals surface area contributed by atoms with Crippen molar-refractivity contribution in [2.24, 2.45) is 0 Å². The summed E-state index contributed by atoms with van der Waals surface area (Å²) in [7, 11) is 0. The van der Waals surface area contributed by atoms with E-state index < -0.39 is 12.1 Å². The summed E-state index contributed by atoms with van der Waals surface area (Å²) in [6.07, 6.45) is -0.600. The Morgan fingerprint density at radius 2 is 1.54 bits per heavy atom. The largest absolute Gasteiger partial charge is 0.507 e. The number of carbonyl (C=O) groups excluding carboxylic acids is 1. The second-order valence-corrected chi connectivity index (χ2v) is 7.10. The third-order valence-corrected chi connectivity index (χ3v) is 3.95. The molecule has 0 saturated carbocycles. The molecule has 0 radical (unpaired) electrons. The number of hydrogen-bond donors (Lipinski definition) is 1. The number of ether oxygens (including phenoxy) is 3. The molecular formula is C21H24O5. The number of aromatic hydroxyl groups is 1. The van der Waals surface area contributed by atoms with E-state index in [-0.39, 0.29) is 23.5 Å². The van der Waals surface area contributed by atoms with Gasteiger partial charge in [0, 0.05) is 17.2 Å². The molecule has 0 aliphatic carbocycles. The van der Waals surface area contributed by atoms with E-state index in [1.165, 1.54) is 0 Å². The molecule has 0 saturated heterocycles. The van der Waals surface area contributed by atoms with E-state index in [4.69, 9.17) is 14.2 Å². The van der Waals surface area contributed by atoms with Gasteiger partial charge in [0.25, 0.3) is 0 Å². The molecular weight excluding hydrogens is 332 g/mol. The average molecular weight is 356 g/mol. The van der Waals surface area contributed by atoms with Gasteiger partial charge in [0.15, 0.2) is 6.10 Å². The maximum Gasteiger partial charge on any atom is 0.343 e. The smallest absolute Gasteiger partial charge is 0.343 e. The van der Waals surface area contributed by atoms with Crippen molar-refractivity contribution < 1.29 is 24.1 Å². The number of rotatable bonds is 5. The number of aryl methyl sites for hydroxylation is 1. The second kappa shape index (κ2) is 6.90. The van der Waals surface area contributed by atoms with Crippen molar-refractivity contribution in [3.05, 3.63) is 52.6 Å². The predicted octanol–water partition coefficient (Wildman–Crippen LogP) is 4.53. The monoisotopic (exact) mass is 356 g/mol. The fourth-order valence-electron chi connectivity index (χ4n) is 3.13. The number of carbonyl (C=O) groups is 1. The molecule has 1 atom stereocenters. The number of hydrogen-bond acceptors (Lipinski definition) is 5. The number of phenols is 1. The molecule has 1 N–H and O–H groups in total. The van der Waals surface area contributed by atoms with Crippen molar-refractivity contribution in [3.63, 3.8) is 0 Å². The molecule has 0 fully saturated rings. The standard InChI is InChI=1S/C21H24O5/c1-11(2)24-15-8-14(9-16(10-15)25-12(3)4)20-17-6-13(5)7-18(22)19(17)21(23)26-20/h6-12,20,22H,1-5H3. The molecule has 0 amide bonds. The van der Waals surface area contributed by atoms with E-state index in [2.05, 4.69) is 0 Å². The Balaban J connectivity index is 2.08. The van der Waals surface area contributed by atoms with Crippen LogP contribution in [0, 0.1) is 6.92 Å². The van der Waals surface area contributed by atoms with E-state index >= 15 is 0 Å². The van der Waals surface area contributed by atoms with Gasteiger partial charge in [-0.25, -0.2) is 4.79 Å². The Kier molecular flexibility index (Phi) is 4.81. The third-order valence-electron chi connectivity index (χ3n) is 3.95. The Bertz CT molecular complexity index is 810. The minimum absolute atomic E-state index is 0.00172. The minimum atomic E-state index is -0.603. The number of phenolic OH excluding ortho intramolecular Hbond substituents is 1. The molecule has 3 rings (SSSR count). The quantitative estimate of drug-likeness (QED) is 0.797. The lowest BCUT2D eigenvalue weighted by Crippen LogP contribution is -2.10. The minimum Gasteiger partial charge on any atom is -0.507 e. The first kappa shape index (κ1) is 18.1. The summed E-state index contributed by atoms with van der Waals surface area (Å²) < 4.78 is 17.2. The zero-order chi connectivity index (χ0) is 19.0. The summed E-state index contributed by atoms with van der Waals surface area (Å²) in [6, 6.07) is 8.95. The first-order valence-corrected chi connectivity index (χ1v) is 8.77. The Morgan fingerprint density at radius 1 is 0.962 bits per heavy atom. The lowest BCUT2D eigenvalue weighted by atomic mass is 9.96. The van der Waals surface area contributed by atoms with Gasteiger partial charge >= 0.3 is 5.97 Å². The van der Waals surface area contributed by atoms with Gasteiger partial charge in [-0.05, 0) is 58.4 Å². The maximum absolute atomic E-state index is 12.3. The Labute approximate surface area is 153 Å². The third kappa shape index (κ3) is 3.62. The van der Waals surface area contributed by atoms with E-state index in [1.54, 1.807) is 6.07 Å². The van der Waals surface area contributed by atoms with Crippen molar-refractivity contribution >= 4 is 5.97 Å². The summed E-state index contributed by atoms with van der Waals surface area (Å²) in [5.41, 5.74) is 2.49. The molecule has 1 aliphatic heterocycles. The summed E-state index contributed by atoms with van der Waals surface area (Å²) in [6.45, 7) is 9.65. The van der Waals surface area contributed by atoms with Gasteiger partial charge in [-0.3, -0.25) is 0 Å². The molecule has 5 heteroatoms. The molecule has 1 heterocycles. The second-order valence-electron chi connectivity index (χ2n) is 7.10. The molecule has 1 unspecified atom stereocenters. The van der Waals surface area contributed by atoms with Crippen molar-refractivity contribution in [1.29, 1.82) is 0 Å². The molecule has 138 valence electrons. The number of fused-ring (bicyclic) bond motifs is 1. The SMILES string of the molecule is Cc1cc(O)c2c(c1)C(c1cc(OC(C)C)cc(OC(C)C)c1)OC2=O. The molecule has 0 aromatic heterocycles. The van der Waals surface area contributed by atoms with E-state index in [1.807, 2.05) is 58.9 Å². The first-order valence-electron chi connectivity index (χ1n) is 8.77. The Hall–Kier alpha value is -2.69. The maximum atomic E-state index is 12.3. The van der Waals surface area contributed by atoms with Crippen molar-refractivity contribution in [1.82, 2.24) is 0 Å². The summed E-state index contributed by atoms with van der Waals surface area (Å²) in [5, 5.41) is 10.1. The van der Waals surface area contributed by atoms with Crippen LogP contribution in [0.25, 0.3) is 0 Å². The lowest BCUT2D eigenvalue weighted by molar-refractivity contribution is 0.0452. The molecule has 1 aliphatic rings. The Morgan fingerprint density at radius 3 is 2.08 bits per heavy atom. The zero-order valence-electron chi connectivity index (χ0n) is 15.7. The summed E-state index contributed by atoms with van der Waals surface area (Å²) >= 11 is 0. The fraction of sp³-hybridized carbons (Fsp3) is 0.381. The highest BCUT2D eigenvalue weighted by atomic mass is 16.6. The highest BCUT2D eigenvalue weighted by Gasteiger charge is 2.35. The highest BCUT2D eigenvalue weighted by molar-refractivity contribution is 5.97. The number of esters is 1. The van der Waals surface area contributed by atoms with Crippen LogP contribution in [0.15, 0.2) is 30.3 Å². The van der Waals surface area contributed by atoms with Crippen LogP contribution in [0.2, 0.25) is 0 Å². The molecule has 0 spiro atoms. The molecule has 2 aromatic carbocycles. The molecule has 0 bridgehead atoms. The van der Waals surface area contributed by atoms with Gasteiger partial charge in [0.2, 0.25) is 0 Å². The van der Waals surface area contributed by atoms with Crippen LogP contribution in [0.3, 0.4) is 0 Å². The summed E-state index contributed by atoms with van der Waals surface area (Å²) in [4.78, 5) is 12.3. The van der Waals surface area contributed by atoms with Crippen LogP contribution < -0.4 is 9.47 Å². The van der Waals surface area contributed by atoms with Gasteiger partial charge in [-0.1, -0.05) is 6.07 Å². The number of cyclic esters (lactones) is 1. The van der Waals surface area contributed by atoms with Crippen LogP contribution in [0.1, 0.15) is 60.8 Å². The molecule has 2 aromatic rings. The van der Waals surface area contributed by atoms with Gasteiger partial charge in [0.1, 0.15) is 22.8 Å². The van der Waals surface area contributed by atoms with Crippen molar-refractivity contribution in [3.8, 4) is 17.2 Å². The van der Waals surface area contributed by atoms with E-state index in [0.29, 0.717) is 17.1 Å². The van der Waals surface area contributed by atoms with Crippen LogP contribution >= 0.6 is 0 Å². The van der Waals surface area contributed by atoms with Gasteiger partial charge in [-0.2, -0.15) is 0 Å². The molecule has 5 nitrogen and oxygen atoms in total.